The summed E-state index contributed by atoms with van der Waals surface area (Å²) in [6.07, 6.45) is 0. The largest absolute Gasteiger partial charge is 0.481 e. The van der Waals surface area contributed by atoms with Crippen molar-refractivity contribution in [2.24, 2.45) is 5.73 Å². The highest BCUT2D eigenvalue weighted by atomic mass is 35.5. The number of hydrogen-bond acceptors (Lipinski definition) is 3. The summed E-state index contributed by atoms with van der Waals surface area (Å²) in [6.45, 7) is -0.00793. The number of aromatic nitrogens is 1. The number of rotatable bonds is 3. The maximum absolute atomic E-state index is 10.8. The number of halogens is 2. The summed E-state index contributed by atoms with van der Waals surface area (Å²) in [7, 11) is 0. The molecule has 0 saturated heterocycles. The fourth-order valence-corrected chi connectivity index (χ4v) is 1.54. The number of nitrogens with two attached hydrogens (primary N) is 1. The fourth-order valence-electron chi connectivity index (χ4n) is 1.06. The van der Waals surface area contributed by atoms with Crippen LogP contribution in [0.25, 0.3) is 0 Å². The van der Waals surface area contributed by atoms with Crippen molar-refractivity contribution in [3.63, 3.8) is 0 Å². The fraction of sp³-hybridized carbons (Fsp3) is 0.250. The van der Waals surface area contributed by atoms with Gasteiger partial charge in [0.05, 0.1) is 5.92 Å². The Morgan fingerprint density at radius 2 is 2.00 bits per heavy atom. The predicted octanol–water partition coefficient (Wildman–Crippen LogP) is 1.52. The molecule has 1 rings (SSSR count). The molecule has 0 amide bonds. The van der Waals surface area contributed by atoms with Gasteiger partial charge >= 0.3 is 5.97 Å². The van der Waals surface area contributed by atoms with E-state index in [1.54, 1.807) is 0 Å². The lowest BCUT2D eigenvalue weighted by Gasteiger charge is -2.09. The highest BCUT2D eigenvalue weighted by Crippen LogP contribution is 2.21. The van der Waals surface area contributed by atoms with Gasteiger partial charge in [0, 0.05) is 6.54 Å². The second kappa shape index (κ2) is 4.59. The number of carboxylic acid groups (broad SMARTS) is 1. The average Bonchev–Trinajstić information content (AvgIpc) is 2.02. The Labute approximate surface area is 90.6 Å². The van der Waals surface area contributed by atoms with Crippen LogP contribution in [0.3, 0.4) is 0 Å². The van der Waals surface area contributed by atoms with E-state index in [1.807, 2.05) is 0 Å². The van der Waals surface area contributed by atoms with Gasteiger partial charge in [-0.05, 0) is 17.7 Å². The van der Waals surface area contributed by atoms with Gasteiger partial charge in [-0.2, -0.15) is 0 Å². The molecule has 0 aliphatic heterocycles. The summed E-state index contributed by atoms with van der Waals surface area (Å²) in [5, 5.41) is 9.14. The molecule has 0 radical (unpaired) electrons. The molecule has 1 aromatic rings. The first-order chi connectivity index (χ1) is 6.54. The molecule has 1 aromatic heterocycles. The first kappa shape index (κ1) is 11.2. The minimum atomic E-state index is -1.01. The molecular formula is C8H8Cl2N2O2. The monoisotopic (exact) mass is 234 g/mol. The van der Waals surface area contributed by atoms with E-state index in [2.05, 4.69) is 4.98 Å². The first-order valence-corrected chi connectivity index (χ1v) is 4.56. The van der Waals surface area contributed by atoms with Crippen molar-refractivity contribution < 1.29 is 9.90 Å². The van der Waals surface area contributed by atoms with Gasteiger partial charge in [-0.25, -0.2) is 4.98 Å². The standard InChI is InChI=1S/C8H8Cl2N2O2/c9-6-1-4(2-7(10)12-6)5(3-11)8(13)14/h1-2,5H,3,11H2,(H,13,14). The van der Waals surface area contributed by atoms with Crippen LogP contribution in [0.1, 0.15) is 11.5 Å². The van der Waals surface area contributed by atoms with Crippen LogP contribution < -0.4 is 5.73 Å². The van der Waals surface area contributed by atoms with E-state index >= 15 is 0 Å². The number of pyridine rings is 1. The molecule has 3 N–H and O–H groups in total. The maximum atomic E-state index is 10.8. The lowest BCUT2D eigenvalue weighted by atomic mass is 10.0. The zero-order valence-corrected chi connectivity index (χ0v) is 8.59. The van der Waals surface area contributed by atoms with E-state index < -0.39 is 11.9 Å². The summed E-state index contributed by atoms with van der Waals surface area (Å²) in [5.41, 5.74) is 5.78. The molecule has 1 unspecified atom stereocenters. The van der Waals surface area contributed by atoms with Crippen molar-refractivity contribution in [2.75, 3.05) is 6.54 Å². The summed E-state index contributed by atoms with van der Waals surface area (Å²) in [5.74, 6) is -1.81. The molecule has 0 saturated carbocycles. The third-order valence-corrected chi connectivity index (χ3v) is 2.11. The molecule has 4 nitrogen and oxygen atoms in total. The third kappa shape index (κ3) is 2.57. The molecule has 1 atom stereocenters. The number of carboxylic acids is 1. The molecule has 0 aliphatic carbocycles. The van der Waals surface area contributed by atoms with Gasteiger partial charge in [-0.15, -0.1) is 0 Å². The number of aliphatic carboxylic acids is 1. The number of nitrogens with zero attached hydrogens (tertiary/aromatic N) is 1. The zero-order chi connectivity index (χ0) is 10.7. The van der Waals surface area contributed by atoms with Gasteiger partial charge in [0.1, 0.15) is 10.3 Å². The summed E-state index contributed by atoms with van der Waals surface area (Å²) >= 11 is 11.3. The summed E-state index contributed by atoms with van der Waals surface area (Å²) in [4.78, 5) is 14.5. The van der Waals surface area contributed by atoms with Crippen LogP contribution in [0, 0.1) is 0 Å². The van der Waals surface area contributed by atoms with Crippen molar-refractivity contribution in [1.82, 2.24) is 4.98 Å². The topological polar surface area (TPSA) is 76.2 Å². The van der Waals surface area contributed by atoms with E-state index in [4.69, 9.17) is 34.0 Å². The smallest absolute Gasteiger partial charge is 0.312 e. The second-order valence-corrected chi connectivity index (χ2v) is 3.45. The van der Waals surface area contributed by atoms with E-state index in [1.165, 1.54) is 12.1 Å². The van der Waals surface area contributed by atoms with Crippen LogP contribution in [0.5, 0.6) is 0 Å². The third-order valence-electron chi connectivity index (χ3n) is 1.72. The first-order valence-electron chi connectivity index (χ1n) is 3.80. The Hall–Kier alpha value is -0.840. The van der Waals surface area contributed by atoms with Crippen molar-refractivity contribution in [3.8, 4) is 0 Å². The predicted molar refractivity (Wildman–Crippen MR) is 53.7 cm³/mol. The van der Waals surface area contributed by atoms with Crippen LogP contribution in [-0.4, -0.2) is 22.6 Å². The Kier molecular flexibility index (Phi) is 3.69. The normalized spacial score (nSPS) is 12.5. The molecule has 1 heterocycles. The highest BCUT2D eigenvalue weighted by Gasteiger charge is 2.18. The van der Waals surface area contributed by atoms with Crippen molar-refractivity contribution in [3.05, 3.63) is 28.0 Å². The molecule has 0 bridgehead atoms. The second-order valence-electron chi connectivity index (χ2n) is 2.67. The zero-order valence-electron chi connectivity index (χ0n) is 7.08. The van der Waals surface area contributed by atoms with Crippen LogP contribution in [-0.2, 0) is 4.79 Å². The van der Waals surface area contributed by atoms with E-state index in [9.17, 15) is 4.79 Å². The molecule has 76 valence electrons. The van der Waals surface area contributed by atoms with Gasteiger partial charge in [0.2, 0.25) is 0 Å². The Morgan fingerprint density at radius 3 is 2.36 bits per heavy atom. The van der Waals surface area contributed by atoms with Crippen LogP contribution >= 0.6 is 23.2 Å². The van der Waals surface area contributed by atoms with Gasteiger partial charge in [0.15, 0.2) is 0 Å². The molecule has 14 heavy (non-hydrogen) atoms. The number of carbonyl (C=O) groups is 1. The summed E-state index contributed by atoms with van der Waals surface area (Å²) in [6, 6.07) is 2.89. The van der Waals surface area contributed by atoms with Crippen LogP contribution in [0.4, 0.5) is 0 Å². The molecule has 0 spiro atoms. The van der Waals surface area contributed by atoms with Crippen molar-refractivity contribution in [2.45, 2.75) is 5.92 Å². The molecule has 0 aromatic carbocycles. The minimum absolute atomic E-state index is 0.00793. The van der Waals surface area contributed by atoms with Gasteiger partial charge in [0.25, 0.3) is 0 Å². The van der Waals surface area contributed by atoms with Gasteiger partial charge in [-0.1, -0.05) is 23.2 Å². The maximum Gasteiger partial charge on any atom is 0.312 e. The molecule has 0 fully saturated rings. The van der Waals surface area contributed by atoms with E-state index in [0.29, 0.717) is 5.56 Å². The minimum Gasteiger partial charge on any atom is -0.481 e. The molecular weight excluding hydrogens is 227 g/mol. The van der Waals surface area contributed by atoms with E-state index in [-0.39, 0.29) is 16.9 Å². The van der Waals surface area contributed by atoms with E-state index in [0.717, 1.165) is 0 Å². The van der Waals surface area contributed by atoms with Crippen LogP contribution in [0.2, 0.25) is 10.3 Å². The Morgan fingerprint density at radius 1 is 1.50 bits per heavy atom. The van der Waals surface area contributed by atoms with Crippen molar-refractivity contribution >= 4 is 29.2 Å². The quantitative estimate of drug-likeness (QED) is 0.778. The lowest BCUT2D eigenvalue weighted by molar-refractivity contribution is -0.138. The Balaban J connectivity index is 3.10. The average molecular weight is 235 g/mol. The van der Waals surface area contributed by atoms with Gasteiger partial charge in [-0.3, -0.25) is 4.79 Å². The molecule has 6 heteroatoms. The SMILES string of the molecule is NCC(C(=O)O)c1cc(Cl)nc(Cl)c1. The van der Waals surface area contributed by atoms with Crippen LogP contribution in [0.15, 0.2) is 12.1 Å². The molecule has 0 aliphatic rings. The Bertz CT molecular complexity index is 337. The van der Waals surface area contributed by atoms with Crippen molar-refractivity contribution in [1.29, 1.82) is 0 Å². The lowest BCUT2D eigenvalue weighted by Crippen LogP contribution is -2.21. The highest BCUT2D eigenvalue weighted by molar-refractivity contribution is 6.32. The van der Waals surface area contributed by atoms with Gasteiger partial charge < -0.3 is 10.8 Å². The summed E-state index contributed by atoms with van der Waals surface area (Å²) < 4.78 is 0. The number of hydrogen-bond donors (Lipinski definition) is 2.